The maximum Gasteiger partial charge on any atom is 0.419 e. The van der Waals surface area contributed by atoms with Crippen LogP contribution in [0.15, 0.2) is 48.5 Å². The topological polar surface area (TPSA) is 35.5 Å². The van der Waals surface area contributed by atoms with Crippen LogP contribution in [0.25, 0.3) is 0 Å². The molecule has 0 amide bonds. The average Bonchev–Trinajstić information content (AvgIpc) is 3.46. The van der Waals surface area contributed by atoms with Crippen molar-refractivity contribution in [1.29, 1.82) is 0 Å². The van der Waals surface area contributed by atoms with Gasteiger partial charge in [-0.05, 0) is 79.7 Å². The van der Waals surface area contributed by atoms with Crippen LogP contribution in [0.3, 0.4) is 0 Å². The molecule has 0 heterocycles. The molecule has 6 heteroatoms. The Balaban J connectivity index is 1.49. The van der Waals surface area contributed by atoms with Gasteiger partial charge in [-0.3, -0.25) is 0 Å². The number of para-hydroxylation sites is 1. The van der Waals surface area contributed by atoms with Gasteiger partial charge in [0.05, 0.1) is 11.1 Å². The van der Waals surface area contributed by atoms with E-state index in [4.69, 9.17) is 9.47 Å². The summed E-state index contributed by atoms with van der Waals surface area (Å²) < 4.78 is 53.6. The zero-order valence-electron chi connectivity index (χ0n) is 18.9. The fraction of sp³-hybridized carbons (Fsp3) is 0.519. The summed E-state index contributed by atoms with van der Waals surface area (Å²) in [4.78, 5) is 12.7. The Labute approximate surface area is 192 Å². The highest BCUT2D eigenvalue weighted by atomic mass is 19.4. The molecule has 176 valence electrons. The lowest BCUT2D eigenvalue weighted by Gasteiger charge is -2.46. The first kappa shape index (κ1) is 22.3. The van der Waals surface area contributed by atoms with Crippen molar-refractivity contribution in [2.45, 2.75) is 57.7 Å². The maximum atomic E-state index is 13.9. The first-order valence-corrected chi connectivity index (χ1v) is 11.9. The van der Waals surface area contributed by atoms with Crippen LogP contribution in [0.5, 0.6) is 11.5 Å². The molecule has 3 aliphatic carbocycles. The van der Waals surface area contributed by atoms with Crippen LogP contribution in [0.1, 0.15) is 61.9 Å². The predicted octanol–water partition coefficient (Wildman–Crippen LogP) is 7.15. The molecule has 5 atom stereocenters. The fourth-order valence-corrected chi connectivity index (χ4v) is 6.86. The fourth-order valence-electron chi connectivity index (χ4n) is 6.86. The summed E-state index contributed by atoms with van der Waals surface area (Å²) >= 11 is 0. The summed E-state index contributed by atoms with van der Waals surface area (Å²) in [7, 11) is 0. The number of esters is 1. The Morgan fingerprint density at radius 1 is 1.06 bits per heavy atom. The SMILES string of the molecule is CC(C)C1(Oc2cc(C(=O)Oc3ccccc3)ccc2C(F)(F)F)CC2CC1C1CCCC21. The second-order valence-electron chi connectivity index (χ2n) is 10.2. The van der Waals surface area contributed by atoms with Crippen molar-refractivity contribution < 1.29 is 27.4 Å². The van der Waals surface area contributed by atoms with Crippen molar-refractivity contribution in [2.75, 3.05) is 0 Å². The minimum absolute atomic E-state index is 0.0441. The summed E-state index contributed by atoms with van der Waals surface area (Å²) in [5.74, 6) is 1.44. The van der Waals surface area contributed by atoms with E-state index in [1.165, 1.54) is 18.9 Å². The lowest BCUT2D eigenvalue weighted by Crippen LogP contribution is -2.50. The lowest BCUT2D eigenvalue weighted by molar-refractivity contribution is -0.142. The highest BCUT2D eigenvalue weighted by molar-refractivity contribution is 5.91. The molecule has 3 fully saturated rings. The van der Waals surface area contributed by atoms with Crippen molar-refractivity contribution in [2.24, 2.45) is 29.6 Å². The first-order chi connectivity index (χ1) is 15.7. The van der Waals surface area contributed by atoms with Gasteiger partial charge in [-0.1, -0.05) is 38.5 Å². The Hall–Kier alpha value is -2.50. The van der Waals surface area contributed by atoms with E-state index in [1.807, 2.05) is 13.8 Å². The quantitative estimate of drug-likeness (QED) is 0.352. The molecule has 0 aromatic heterocycles. The normalized spacial score (nSPS) is 30.5. The maximum absolute atomic E-state index is 13.9. The smallest absolute Gasteiger partial charge is 0.419 e. The van der Waals surface area contributed by atoms with Crippen molar-refractivity contribution >= 4 is 5.97 Å². The molecule has 2 bridgehead atoms. The number of hydrogen-bond donors (Lipinski definition) is 0. The Morgan fingerprint density at radius 3 is 2.48 bits per heavy atom. The van der Waals surface area contributed by atoms with Crippen molar-refractivity contribution in [3.63, 3.8) is 0 Å². The summed E-state index contributed by atoms with van der Waals surface area (Å²) in [6.45, 7) is 4.09. The Morgan fingerprint density at radius 2 is 1.79 bits per heavy atom. The van der Waals surface area contributed by atoms with Crippen molar-refractivity contribution in [1.82, 2.24) is 0 Å². The van der Waals surface area contributed by atoms with Crippen LogP contribution < -0.4 is 9.47 Å². The van der Waals surface area contributed by atoms with Crippen LogP contribution in [0, 0.1) is 29.6 Å². The first-order valence-electron chi connectivity index (χ1n) is 11.9. The van der Waals surface area contributed by atoms with Gasteiger partial charge in [0.25, 0.3) is 0 Å². The van der Waals surface area contributed by atoms with Crippen molar-refractivity contribution in [3.05, 3.63) is 59.7 Å². The van der Waals surface area contributed by atoms with Crippen LogP contribution in [-0.2, 0) is 6.18 Å². The van der Waals surface area contributed by atoms with E-state index < -0.39 is 23.3 Å². The minimum atomic E-state index is -4.58. The molecule has 2 aromatic carbocycles. The van der Waals surface area contributed by atoms with Gasteiger partial charge in [-0.2, -0.15) is 13.2 Å². The summed E-state index contributed by atoms with van der Waals surface area (Å²) in [5, 5.41) is 0. The van der Waals surface area contributed by atoms with Gasteiger partial charge in [0.2, 0.25) is 0 Å². The molecule has 0 saturated heterocycles. The van der Waals surface area contributed by atoms with Crippen LogP contribution in [0.2, 0.25) is 0 Å². The molecular weight excluding hydrogens is 429 g/mol. The largest absolute Gasteiger partial charge is 0.486 e. The van der Waals surface area contributed by atoms with E-state index in [2.05, 4.69) is 0 Å². The molecule has 3 saturated carbocycles. The second-order valence-corrected chi connectivity index (χ2v) is 10.2. The standard InChI is InChI=1S/C27H29F3O3/c1-16(2)26(15-18-13-23(26)21-10-6-9-20(18)21)33-24-14-17(11-12-22(24)27(28,29)30)25(31)32-19-7-4-3-5-8-19/h3-5,7-8,11-12,14,16,18,20-21,23H,6,9-10,13,15H2,1-2H3. The van der Waals surface area contributed by atoms with Gasteiger partial charge in [0, 0.05) is 5.92 Å². The monoisotopic (exact) mass is 458 g/mol. The van der Waals surface area contributed by atoms with Gasteiger partial charge in [0.1, 0.15) is 17.1 Å². The highest BCUT2D eigenvalue weighted by Gasteiger charge is 2.63. The third-order valence-corrected chi connectivity index (χ3v) is 8.27. The van der Waals surface area contributed by atoms with Gasteiger partial charge in [-0.25, -0.2) is 4.79 Å². The van der Waals surface area contributed by atoms with Crippen LogP contribution in [0.4, 0.5) is 13.2 Å². The number of fused-ring (bicyclic) bond motifs is 5. The molecule has 33 heavy (non-hydrogen) atoms. The minimum Gasteiger partial charge on any atom is -0.486 e. The zero-order chi connectivity index (χ0) is 23.4. The Kier molecular flexibility index (Phi) is 5.45. The van der Waals surface area contributed by atoms with Crippen LogP contribution >= 0.6 is 0 Å². The number of halogens is 3. The molecule has 0 radical (unpaired) electrons. The molecular formula is C27H29F3O3. The van der Waals surface area contributed by atoms with E-state index in [1.54, 1.807) is 30.3 Å². The number of carbonyl (C=O) groups is 1. The van der Waals surface area contributed by atoms with E-state index in [9.17, 15) is 18.0 Å². The number of benzene rings is 2. The molecule has 0 aliphatic heterocycles. The van der Waals surface area contributed by atoms with E-state index in [0.717, 1.165) is 31.4 Å². The van der Waals surface area contributed by atoms with Crippen LogP contribution in [-0.4, -0.2) is 11.6 Å². The number of ether oxygens (including phenoxy) is 2. The number of alkyl halides is 3. The molecule has 2 aromatic rings. The third kappa shape index (κ3) is 3.81. The molecule has 0 spiro atoms. The predicted molar refractivity (Wildman–Crippen MR) is 118 cm³/mol. The number of carbonyl (C=O) groups excluding carboxylic acids is 1. The van der Waals surface area contributed by atoms with E-state index in [-0.39, 0.29) is 23.1 Å². The lowest BCUT2D eigenvalue weighted by atomic mass is 9.68. The average molecular weight is 459 g/mol. The van der Waals surface area contributed by atoms with Gasteiger partial charge < -0.3 is 9.47 Å². The number of hydrogen-bond acceptors (Lipinski definition) is 3. The molecule has 5 unspecified atom stereocenters. The van der Waals surface area contributed by atoms with Gasteiger partial charge in [0.15, 0.2) is 0 Å². The Bertz CT molecular complexity index is 1030. The zero-order valence-corrected chi connectivity index (χ0v) is 18.9. The third-order valence-electron chi connectivity index (χ3n) is 8.27. The van der Waals surface area contributed by atoms with Gasteiger partial charge in [-0.15, -0.1) is 0 Å². The summed E-state index contributed by atoms with van der Waals surface area (Å²) in [6, 6.07) is 11.8. The second kappa shape index (κ2) is 8.07. The van der Waals surface area contributed by atoms with E-state index in [0.29, 0.717) is 23.5 Å². The number of rotatable bonds is 5. The highest BCUT2D eigenvalue weighted by Crippen LogP contribution is 2.65. The molecule has 0 N–H and O–H groups in total. The molecule has 5 rings (SSSR count). The molecule has 3 nitrogen and oxygen atoms in total. The summed E-state index contributed by atoms with van der Waals surface area (Å²) in [5.41, 5.74) is -1.44. The summed E-state index contributed by atoms with van der Waals surface area (Å²) in [6.07, 6.45) is 0.805. The van der Waals surface area contributed by atoms with Crippen molar-refractivity contribution in [3.8, 4) is 11.5 Å². The van der Waals surface area contributed by atoms with E-state index >= 15 is 0 Å². The van der Waals surface area contributed by atoms with Gasteiger partial charge >= 0.3 is 12.1 Å². The molecule has 3 aliphatic rings.